The van der Waals surface area contributed by atoms with Gasteiger partial charge in [-0.3, -0.25) is 14.4 Å². The molecular formula is C33H38FN3O5S. The SMILES string of the molecule is Cc1cccc(C)c1CNC(=O)[C@H]1N(C(=O)[C@@H](O)[C@H](Cc2ccc(F)cc2)NC(=O)c2cccc(O)c2C)CSC1(C)C. The molecule has 4 rings (SSSR count). The summed E-state index contributed by atoms with van der Waals surface area (Å²) in [6.45, 7) is 9.59. The number of thioether (sulfide) groups is 1. The summed E-state index contributed by atoms with van der Waals surface area (Å²) in [6.07, 6.45) is -1.69. The topological polar surface area (TPSA) is 119 Å². The van der Waals surface area contributed by atoms with Crippen LogP contribution in [0.2, 0.25) is 0 Å². The molecule has 1 fully saturated rings. The highest BCUT2D eigenvalue weighted by Crippen LogP contribution is 2.40. The lowest BCUT2D eigenvalue weighted by Gasteiger charge is -2.33. The number of aryl methyl sites for hydroxylation is 2. The zero-order valence-corrected chi connectivity index (χ0v) is 25.8. The molecule has 0 spiro atoms. The minimum absolute atomic E-state index is 0.0184. The van der Waals surface area contributed by atoms with Crippen LogP contribution in [0.5, 0.6) is 5.75 Å². The number of nitrogens with zero attached hydrogens (tertiary/aromatic N) is 1. The van der Waals surface area contributed by atoms with Gasteiger partial charge in [0.05, 0.1) is 11.9 Å². The lowest BCUT2D eigenvalue weighted by Crippen LogP contribution is -2.58. The van der Waals surface area contributed by atoms with E-state index < -0.39 is 40.6 Å². The highest BCUT2D eigenvalue weighted by Gasteiger charge is 2.49. The van der Waals surface area contributed by atoms with Crippen LogP contribution in [0, 0.1) is 26.6 Å². The van der Waals surface area contributed by atoms with E-state index in [1.165, 1.54) is 59.1 Å². The van der Waals surface area contributed by atoms with Crippen LogP contribution in [-0.4, -0.2) is 61.6 Å². The van der Waals surface area contributed by atoms with Gasteiger partial charge < -0.3 is 25.7 Å². The van der Waals surface area contributed by atoms with Gasteiger partial charge in [-0.2, -0.15) is 0 Å². The molecule has 0 unspecified atom stereocenters. The maximum Gasteiger partial charge on any atom is 0.254 e. The van der Waals surface area contributed by atoms with Crippen LogP contribution >= 0.6 is 11.8 Å². The van der Waals surface area contributed by atoms with Crippen molar-refractivity contribution in [1.29, 1.82) is 0 Å². The normalized spacial score (nSPS) is 17.3. The summed E-state index contributed by atoms with van der Waals surface area (Å²) in [6, 6.07) is 14.0. The number of hydrogen-bond acceptors (Lipinski definition) is 6. The Hall–Kier alpha value is -3.89. The third kappa shape index (κ3) is 7.19. The summed E-state index contributed by atoms with van der Waals surface area (Å²) < 4.78 is 12.9. The van der Waals surface area contributed by atoms with Gasteiger partial charge in [0.1, 0.15) is 17.6 Å². The fraction of sp³-hybridized carbons (Fsp3) is 0.364. The van der Waals surface area contributed by atoms with Gasteiger partial charge in [0.2, 0.25) is 5.91 Å². The quantitative estimate of drug-likeness (QED) is 0.290. The molecule has 4 N–H and O–H groups in total. The molecule has 1 aliphatic rings. The first-order chi connectivity index (χ1) is 20.3. The number of rotatable bonds is 9. The number of hydrogen-bond donors (Lipinski definition) is 4. The average Bonchev–Trinajstić information content (AvgIpc) is 3.28. The minimum Gasteiger partial charge on any atom is -0.508 e. The van der Waals surface area contributed by atoms with Gasteiger partial charge in [-0.05, 0) is 87.6 Å². The van der Waals surface area contributed by atoms with Gasteiger partial charge in [-0.15, -0.1) is 11.8 Å². The monoisotopic (exact) mass is 607 g/mol. The number of amides is 3. The second-order valence-electron chi connectivity index (χ2n) is 11.5. The standard InChI is InChI=1S/C33H38FN3O5S/c1-19-8-6-9-20(2)25(19)17-35-31(41)29-33(4,5)43-18-37(29)32(42)28(39)26(16-22-12-14-23(34)15-13-22)36-30(40)24-10-7-11-27(38)21(24)3/h6-15,26,28-29,38-39H,16-18H2,1-5H3,(H,35,41)(H,36,40)/t26-,28-,29+/m0/s1. The van der Waals surface area contributed by atoms with Crippen molar-refractivity contribution in [2.24, 2.45) is 0 Å². The Labute approximate surface area is 255 Å². The molecule has 1 aliphatic heterocycles. The van der Waals surface area contributed by atoms with E-state index in [1.807, 2.05) is 45.9 Å². The zero-order chi connectivity index (χ0) is 31.5. The highest BCUT2D eigenvalue weighted by atomic mass is 32.2. The lowest BCUT2D eigenvalue weighted by molar-refractivity contribution is -0.147. The molecule has 0 aromatic heterocycles. The molecule has 0 aliphatic carbocycles. The van der Waals surface area contributed by atoms with E-state index in [0.717, 1.165) is 16.7 Å². The smallest absolute Gasteiger partial charge is 0.254 e. The van der Waals surface area contributed by atoms with Crippen molar-refractivity contribution in [3.05, 3.63) is 99.9 Å². The number of benzene rings is 3. The number of carbonyl (C=O) groups excluding carboxylic acids is 3. The number of halogens is 1. The van der Waals surface area contributed by atoms with Crippen molar-refractivity contribution in [3.8, 4) is 5.75 Å². The number of carbonyl (C=O) groups is 3. The summed E-state index contributed by atoms with van der Waals surface area (Å²) in [5.41, 5.74) is 4.21. The molecule has 0 saturated carbocycles. The van der Waals surface area contributed by atoms with Gasteiger partial charge in [-0.1, -0.05) is 36.4 Å². The van der Waals surface area contributed by atoms with Crippen LogP contribution in [0.25, 0.3) is 0 Å². The minimum atomic E-state index is -1.71. The first kappa shape index (κ1) is 32.0. The van der Waals surface area contributed by atoms with Crippen molar-refractivity contribution < 1.29 is 29.0 Å². The number of phenolic OH excluding ortho intramolecular Hbond substituents is 1. The fourth-order valence-electron chi connectivity index (χ4n) is 5.39. The Morgan fingerprint density at radius 2 is 1.65 bits per heavy atom. The first-order valence-electron chi connectivity index (χ1n) is 14.1. The highest BCUT2D eigenvalue weighted by molar-refractivity contribution is 8.00. The van der Waals surface area contributed by atoms with E-state index in [4.69, 9.17) is 0 Å². The molecule has 3 aromatic rings. The summed E-state index contributed by atoms with van der Waals surface area (Å²) in [7, 11) is 0. The number of aliphatic hydroxyl groups is 1. The molecule has 0 bridgehead atoms. The van der Waals surface area contributed by atoms with Crippen LogP contribution in [0.4, 0.5) is 4.39 Å². The molecule has 43 heavy (non-hydrogen) atoms. The van der Waals surface area contributed by atoms with Crippen molar-refractivity contribution in [2.75, 3.05) is 5.88 Å². The number of nitrogens with one attached hydrogen (secondary N) is 2. The Bertz CT molecular complexity index is 1490. The summed E-state index contributed by atoms with van der Waals surface area (Å²) in [5, 5.41) is 27.3. The predicted molar refractivity (Wildman–Crippen MR) is 165 cm³/mol. The van der Waals surface area contributed by atoms with Crippen molar-refractivity contribution in [2.45, 2.75) is 70.5 Å². The van der Waals surface area contributed by atoms with Crippen LogP contribution in [0.3, 0.4) is 0 Å². The molecule has 1 saturated heterocycles. The van der Waals surface area contributed by atoms with E-state index in [0.29, 0.717) is 17.7 Å². The van der Waals surface area contributed by atoms with Crippen LogP contribution in [0.1, 0.15) is 52.0 Å². The van der Waals surface area contributed by atoms with Crippen molar-refractivity contribution >= 4 is 29.5 Å². The molecule has 0 radical (unpaired) electrons. The van der Waals surface area contributed by atoms with E-state index in [2.05, 4.69) is 10.6 Å². The van der Waals surface area contributed by atoms with Crippen LogP contribution in [0.15, 0.2) is 60.7 Å². The molecule has 1 heterocycles. The molecule has 3 aromatic carbocycles. The maximum atomic E-state index is 13.9. The van der Waals surface area contributed by atoms with Gasteiger partial charge in [-0.25, -0.2) is 4.39 Å². The summed E-state index contributed by atoms with van der Waals surface area (Å²) in [4.78, 5) is 42.1. The largest absolute Gasteiger partial charge is 0.508 e. The lowest BCUT2D eigenvalue weighted by atomic mass is 9.96. The molecule has 3 amide bonds. The maximum absolute atomic E-state index is 13.9. The summed E-state index contributed by atoms with van der Waals surface area (Å²) >= 11 is 1.43. The molecule has 10 heteroatoms. The second-order valence-corrected chi connectivity index (χ2v) is 13.1. The van der Waals surface area contributed by atoms with Gasteiger partial charge in [0, 0.05) is 22.4 Å². The molecule has 3 atom stereocenters. The molecule has 8 nitrogen and oxygen atoms in total. The third-order valence-corrected chi connectivity index (χ3v) is 9.40. The molecule has 228 valence electrons. The van der Waals surface area contributed by atoms with E-state index in [9.17, 15) is 29.0 Å². The van der Waals surface area contributed by atoms with Gasteiger partial charge in [0.25, 0.3) is 11.8 Å². The van der Waals surface area contributed by atoms with Crippen molar-refractivity contribution in [3.63, 3.8) is 0 Å². The van der Waals surface area contributed by atoms with E-state index in [-0.39, 0.29) is 29.5 Å². The first-order valence-corrected chi connectivity index (χ1v) is 15.1. The average molecular weight is 608 g/mol. The van der Waals surface area contributed by atoms with Crippen LogP contribution < -0.4 is 10.6 Å². The number of aliphatic hydroxyl groups excluding tert-OH is 1. The fourth-order valence-corrected chi connectivity index (χ4v) is 6.53. The second kappa shape index (κ2) is 13.2. The van der Waals surface area contributed by atoms with Crippen LogP contribution in [-0.2, 0) is 22.6 Å². The van der Waals surface area contributed by atoms with Gasteiger partial charge in [0.15, 0.2) is 6.10 Å². The number of phenols is 1. The molecular weight excluding hydrogens is 569 g/mol. The van der Waals surface area contributed by atoms with E-state index >= 15 is 0 Å². The Balaban J connectivity index is 1.58. The zero-order valence-electron chi connectivity index (χ0n) is 25.0. The third-order valence-electron chi connectivity index (χ3n) is 8.03. The predicted octanol–water partition coefficient (Wildman–Crippen LogP) is 4.16. The van der Waals surface area contributed by atoms with E-state index in [1.54, 1.807) is 6.92 Å². The number of aromatic hydroxyl groups is 1. The van der Waals surface area contributed by atoms with Crippen molar-refractivity contribution in [1.82, 2.24) is 15.5 Å². The summed E-state index contributed by atoms with van der Waals surface area (Å²) in [5.74, 6) is -1.97. The Morgan fingerprint density at radius 3 is 2.30 bits per heavy atom. The van der Waals surface area contributed by atoms with Gasteiger partial charge >= 0.3 is 0 Å². The Morgan fingerprint density at radius 1 is 1.02 bits per heavy atom. The Kier molecular flexibility index (Phi) is 9.82.